The molecule has 0 aliphatic heterocycles. The van der Waals surface area contributed by atoms with E-state index in [1.165, 1.54) is 6.07 Å². The number of nitrogen functional groups attached to an aromatic ring is 1. The Hall–Kier alpha value is -2.35. The molecule has 1 rings (SSSR count). The van der Waals surface area contributed by atoms with Crippen molar-refractivity contribution in [2.45, 2.75) is 26.3 Å². The van der Waals surface area contributed by atoms with Crippen LogP contribution in [0, 0.1) is 10.1 Å². The number of nitrogens with two attached hydrogens (primary N) is 1. The van der Waals surface area contributed by atoms with E-state index in [2.05, 4.69) is 16.1 Å². The fourth-order valence-corrected chi connectivity index (χ4v) is 1.70. The van der Waals surface area contributed by atoms with Gasteiger partial charge in [0, 0.05) is 19.0 Å². The van der Waals surface area contributed by atoms with Crippen LogP contribution in [-0.2, 0) is 4.79 Å². The lowest BCUT2D eigenvalue weighted by molar-refractivity contribution is -0.383. The number of nitro groups is 1. The van der Waals surface area contributed by atoms with Gasteiger partial charge >= 0.3 is 5.69 Å². The Balaban J connectivity index is 2.69. The van der Waals surface area contributed by atoms with Gasteiger partial charge in [-0.2, -0.15) is 0 Å². The molecule has 0 bridgehead atoms. The molecular formula is C12H19N5O3. The molecule has 110 valence electrons. The molecule has 20 heavy (non-hydrogen) atoms. The predicted molar refractivity (Wildman–Crippen MR) is 77.3 cm³/mol. The van der Waals surface area contributed by atoms with Crippen molar-refractivity contribution in [3.05, 3.63) is 28.3 Å². The fraction of sp³-hybridized carbons (Fsp3) is 0.417. The second-order valence-corrected chi connectivity index (χ2v) is 4.50. The molecule has 0 saturated heterocycles. The average Bonchev–Trinajstić information content (AvgIpc) is 2.37. The van der Waals surface area contributed by atoms with E-state index >= 15 is 0 Å². The van der Waals surface area contributed by atoms with Gasteiger partial charge in [0.25, 0.3) is 0 Å². The van der Waals surface area contributed by atoms with Crippen molar-refractivity contribution in [2.24, 2.45) is 5.84 Å². The van der Waals surface area contributed by atoms with E-state index in [1.807, 2.05) is 13.8 Å². The molecule has 8 heteroatoms. The molecule has 1 aromatic rings. The summed E-state index contributed by atoms with van der Waals surface area (Å²) in [7, 11) is 0. The third-order valence-electron chi connectivity index (χ3n) is 2.49. The number of para-hydroxylation sites is 1. The molecule has 0 aliphatic carbocycles. The summed E-state index contributed by atoms with van der Waals surface area (Å²) in [5, 5.41) is 16.7. The standard InChI is InChI=1S/C12H19N5O3/c1-8(2)15-11(18)6-7-14-9-4-3-5-10(16-13)12(9)17(19)20/h3-5,8,14,16H,6-7,13H2,1-2H3,(H,15,18). The molecule has 0 aromatic heterocycles. The van der Waals surface area contributed by atoms with E-state index in [4.69, 9.17) is 5.84 Å². The zero-order valence-corrected chi connectivity index (χ0v) is 11.5. The number of carbonyl (C=O) groups is 1. The van der Waals surface area contributed by atoms with Crippen LogP contribution in [0.4, 0.5) is 17.1 Å². The van der Waals surface area contributed by atoms with Gasteiger partial charge in [-0.3, -0.25) is 20.8 Å². The topological polar surface area (TPSA) is 122 Å². The SMILES string of the molecule is CC(C)NC(=O)CCNc1cccc(NN)c1[N+](=O)[O-]. The van der Waals surface area contributed by atoms with Gasteiger partial charge in [-0.05, 0) is 26.0 Å². The molecule has 0 spiro atoms. The summed E-state index contributed by atoms with van der Waals surface area (Å²) in [6, 6.07) is 4.79. The summed E-state index contributed by atoms with van der Waals surface area (Å²) in [5.41, 5.74) is 2.68. The Morgan fingerprint density at radius 2 is 2.05 bits per heavy atom. The number of hydrogen-bond donors (Lipinski definition) is 4. The highest BCUT2D eigenvalue weighted by Gasteiger charge is 2.18. The first kappa shape index (κ1) is 15.7. The van der Waals surface area contributed by atoms with Crippen LogP contribution < -0.4 is 21.9 Å². The number of carbonyl (C=O) groups excluding carboxylic acids is 1. The van der Waals surface area contributed by atoms with Crippen molar-refractivity contribution in [2.75, 3.05) is 17.3 Å². The Morgan fingerprint density at radius 1 is 1.40 bits per heavy atom. The van der Waals surface area contributed by atoms with Crippen LogP contribution in [0.2, 0.25) is 0 Å². The Labute approximate surface area is 116 Å². The molecule has 0 unspecified atom stereocenters. The molecule has 0 atom stereocenters. The smallest absolute Gasteiger partial charge is 0.316 e. The number of hydrazine groups is 1. The van der Waals surface area contributed by atoms with Crippen LogP contribution in [-0.4, -0.2) is 23.4 Å². The van der Waals surface area contributed by atoms with Gasteiger partial charge in [-0.1, -0.05) is 6.07 Å². The van der Waals surface area contributed by atoms with E-state index in [9.17, 15) is 14.9 Å². The highest BCUT2D eigenvalue weighted by Crippen LogP contribution is 2.31. The van der Waals surface area contributed by atoms with Crippen molar-refractivity contribution in [1.29, 1.82) is 0 Å². The fourth-order valence-electron chi connectivity index (χ4n) is 1.70. The predicted octanol–water partition coefficient (Wildman–Crippen LogP) is 1.21. The molecule has 0 saturated carbocycles. The van der Waals surface area contributed by atoms with Gasteiger partial charge < -0.3 is 16.1 Å². The molecule has 5 N–H and O–H groups in total. The molecule has 0 aliphatic rings. The van der Waals surface area contributed by atoms with Gasteiger partial charge in [0.2, 0.25) is 5.91 Å². The molecule has 0 radical (unpaired) electrons. The molecular weight excluding hydrogens is 262 g/mol. The summed E-state index contributed by atoms with van der Waals surface area (Å²) in [5.74, 6) is 5.13. The lowest BCUT2D eigenvalue weighted by Gasteiger charge is -2.11. The quantitative estimate of drug-likeness (QED) is 0.338. The van der Waals surface area contributed by atoms with E-state index in [1.54, 1.807) is 12.1 Å². The third kappa shape index (κ3) is 4.39. The lowest BCUT2D eigenvalue weighted by Crippen LogP contribution is -2.31. The molecule has 1 amide bonds. The maximum absolute atomic E-state index is 11.5. The Bertz CT molecular complexity index is 490. The van der Waals surface area contributed by atoms with Gasteiger partial charge in [0.1, 0.15) is 11.4 Å². The second kappa shape index (κ2) is 7.29. The number of anilines is 2. The number of nitrogens with zero attached hydrogens (tertiary/aromatic N) is 1. The van der Waals surface area contributed by atoms with Crippen molar-refractivity contribution in [3.63, 3.8) is 0 Å². The van der Waals surface area contributed by atoms with Crippen LogP contribution >= 0.6 is 0 Å². The van der Waals surface area contributed by atoms with Crippen LogP contribution in [0.25, 0.3) is 0 Å². The third-order valence-corrected chi connectivity index (χ3v) is 2.49. The molecule has 1 aromatic carbocycles. The van der Waals surface area contributed by atoms with Gasteiger partial charge in [0.15, 0.2) is 0 Å². The minimum absolute atomic E-state index is 0.0709. The van der Waals surface area contributed by atoms with Crippen LogP contribution in [0.3, 0.4) is 0 Å². The minimum atomic E-state index is -0.522. The van der Waals surface area contributed by atoms with Crippen molar-refractivity contribution < 1.29 is 9.72 Å². The summed E-state index contributed by atoms with van der Waals surface area (Å²) >= 11 is 0. The van der Waals surface area contributed by atoms with Crippen LogP contribution in [0.1, 0.15) is 20.3 Å². The van der Waals surface area contributed by atoms with Crippen molar-refractivity contribution in [3.8, 4) is 0 Å². The largest absolute Gasteiger partial charge is 0.379 e. The first-order valence-corrected chi connectivity index (χ1v) is 6.23. The molecule has 8 nitrogen and oxygen atoms in total. The highest BCUT2D eigenvalue weighted by atomic mass is 16.6. The normalized spacial score (nSPS) is 10.2. The first-order valence-electron chi connectivity index (χ1n) is 6.23. The number of nitrogens with one attached hydrogen (secondary N) is 3. The van der Waals surface area contributed by atoms with E-state index in [0.717, 1.165) is 0 Å². The Morgan fingerprint density at radius 3 is 2.60 bits per heavy atom. The zero-order chi connectivity index (χ0) is 15.1. The second-order valence-electron chi connectivity index (χ2n) is 4.50. The van der Waals surface area contributed by atoms with Gasteiger partial charge in [0.05, 0.1) is 4.92 Å². The summed E-state index contributed by atoms with van der Waals surface area (Å²) in [4.78, 5) is 22.0. The zero-order valence-electron chi connectivity index (χ0n) is 11.5. The maximum atomic E-state index is 11.5. The summed E-state index contributed by atoms with van der Waals surface area (Å²) in [6.45, 7) is 4.03. The monoisotopic (exact) mass is 281 g/mol. The summed E-state index contributed by atoms with van der Waals surface area (Å²) in [6.07, 6.45) is 0.232. The minimum Gasteiger partial charge on any atom is -0.379 e. The lowest BCUT2D eigenvalue weighted by atomic mass is 10.2. The van der Waals surface area contributed by atoms with Crippen LogP contribution in [0.15, 0.2) is 18.2 Å². The van der Waals surface area contributed by atoms with Gasteiger partial charge in [-0.25, -0.2) is 0 Å². The number of nitro benzene ring substituents is 1. The number of hydrogen-bond acceptors (Lipinski definition) is 6. The molecule has 0 heterocycles. The number of amides is 1. The van der Waals surface area contributed by atoms with Crippen molar-refractivity contribution in [1.82, 2.24) is 5.32 Å². The average molecular weight is 281 g/mol. The van der Waals surface area contributed by atoms with E-state index in [-0.39, 0.29) is 29.7 Å². The highest BCUT2D eigenvalue weighted by molar-refractivity contribution is 5.78. The Kier molecular flexibility index (Phi) is 5.73. The van der Waals surface area contributed by atoms with E-state index in [0.29, 0.717) is 12.2 Å². The maximum Gasteiger partial charge on any atom is 0.316 e. The summed E-state index contributed by atoms with van der Waals surface area (Å²) < 4.78 is 0. The van der Waals surface area contributed by atoms with Crippen LogP contribution in [0.5, 0.6) is 0 Å². The first-order chi connectivity index (χ1) is 9.45. The number of rotatable bonds is 7. The molecule has 0 fully saturated rings. The van der Waals surface area contributed by atoms with Crippen molar-refractivity contribution >= 4 is 23.0 Å². The number of benzene rings is 1. The van der Waals surface area contributed by atoms with E-state index < -0.39 is 4.92 Å². The van der Waals surface area contributed by atoms with Gasteiger partial charge in [-0.15, -0.1) is 0 Å².